The number of carboxylic acid groups (broad SMARTS) is 1. The second kappa shape index (κ2) is 10.4. The van der Waals surface area contributed by atoms with Crippen LogP contribution < -0.4 is 19.7 Å². The zero-order valence-corrected chi connectivity index (χ0v) is 21.2. The number of urea groups is 1. The number of hydrogen-bond donors (Lipinski definition) is 2. The van der Waals surface area contributed by atoms with E-state index in [0.717, 1.165) is 4.90 Å². The Morgan fingerprint density at radius 1 is 1.14 bits per heavy atom. The van der Waals surface area contributed by atoms with Crippen molar-refractivity contribution in [3.05, 3.63) is 91.6 Å². The van der Waals surface area contributed by atoms with Gasteiger partial charge in [0.1, 0.15) is 12.3 Å². The highest BCUT2D eigenvalue weighted by molar-refractivity contribution is 14.1. The molecule has 0 atom stereocenters. The lowest BCUT2D eigenvalue weighted by Crippen LogP contribution is -2.30. The standard InChI is InChI=1S/C25H18ClIN2O6/c1-34-21-11-15(9-19(27)22(21)35-13-14-4-2-5-16(8-14)24(31)32)10-20-23(30)29(25(33)28-20)18-7-3-6-17(26)12-18/h2-12H,13H2,1H3,(H,28,33)(H,31,32)/b20-10+. The summed E-state index contributed by atoms with van der Waals surface area (Å²) in [7, 11) is 1.49. The van der Waals surface area contributed by atoms with Gasteiger partial charge in [0.2, 0.25) is 0 Å². The molecule has 2 N–H and O–H groups in total. The van der Waals surface area contributed by atoms with Crippen LogP contribution in [0, 0.1) is 3.57 Å². The Labute approximate surface area is 219 Å². The van der Waals surface area contributed by atoms with Crippen molar-refractivity contribution in [1.82, 2.24) is 5.32 Å². The Morgan fingerprint density at radius 2 is 1.91 bits per heavy atom. The zero-order valence-electron chi connectivity index (χ0n) is 18.2. The fourth-order valence-electron chi connectivity index (χ4n) is 3.46. The van der Waals surface area contributed by atoms with Crippen molar-refractivity contribution in [3.8, 4) is 11.5 Å². The molecule has 0 unspecified atom stereocenters. The fourth-order valence-corrected chi connectivity index (χ4v) is 4.43. The summed E-state index contributed by atoms with van der Waals surface area (Å²) in [5.74, 6) is -0.635. The number of hydrogen-bond acceptors (Lipinski definition) is 5. The minimum Gasteiger partial charge on any atom is -0.493 e. The van der Waals surface area contributed by atoms with Gasteiger partial charge in [0.05, 0.1) is 21.9 Å². The summed E-state index contributed by atoms with van der Waals surface area (Å²) in [6.45, 7) is 0.136. The molecular formula is C25H18ClIN2O6. The summed E-state index contributed by atoms with van der Waals surface area (Å²) >= 11 is 8.08. The molecule has 1 aliphatic rings. The van der Waals surface area contributed by atoms with E-state index in [-0.39, 0.29) is 17.9 Å². The highest BCUT2D eigenvalue weighted by atomic mass is 127. The van der Waals surface area contributed by atoms with E-state index in [1.165, 1.54) is 19.2 Å². The third-order valence-electron chi connectivity index (χ3n) is 5.06. The summed E-state index contributed by atoms with van der Waals surface area (Å²) in [6, 6.07) is 15.8. The Morgan fingerprint density at radius 3 is 2.63 bits per heavy atom. The first-order chi connectivity index (χ1) is 16.8. The van der Waals surface area contributed by atoms with Gasteiger partial charge >= 0.3 is 12.0 Å². The molecule has 0 aliphatic carbocycles. The van der Waals surface area contributed by atoms with Gasteiger partial charge in [-0.3, -0.25) is 4.79 Å². The molecule has 35 heavy (non-hydrogen) atoms. The lowest BCUT2D eigenvalue weighted by atomic mass is 10.1. The minimum atomic E-state index is -1.01. The number of nitrogens with zero attached hydrogens (tertiary/aromatic N) is 1. The van der Waals surface area contributed by atoms with Crippen LogP contribution in [0.2, 0.25) is 5.02 Å². The van der Waals surface area contributed by atoms with Crippen molar-refractivity contribution in [2.45, 2.75) is 6.61 Å². The maximum absolute atomic E-state index is 12.9. The van der Waals surface area contributed by atoms with Crippen LogP contribution in [0.4, 0.5) is 10.5 Å². The van der Waals surface area contributed by atoms with Gasteiger partial charge in [-0.15, -0.1) is 0 Å². The lowest BCUT2D eigenvalue weighted by molar-refractivity contribution is -0.113. The third-order valence-corrected chi connectivity index (χ3v) is 6.10. The van der Waals surface area contributed by atoms with Crippen molar-refractivity contribution >= 4 is 63.9 Å². The first-order valence-corrected chi connectivity index (χ1v) is 11.7. The number of imide groups is 1. The first-order valence-electron chi connectivity index (χ1n) is 10.2. The van der Waals surface area contributed by atoms with Gasteiger partial charge < -0.3 is 19.9 Å². The molecule has 3 aromatic rings. The number of carbonyl (C=O) groups excluding carboxylic acids is 2. The first kappa shape index (κ1) is 24.6. The van der Waals surface area contributed by atoms with E-state index in [4.69, 9.17) is 21.1 Å². The van der Waals surface area contributed by atoms with Crippen LogP contribution in [0.15, 0.2) is 66.4 Å². The number of benzene rings is 3. The Balaban J connectivity index is 1.57. The molecule has 8 nitrogen and oxygen atoms in total. The second-order valence-corrected chi connectivity index (χ2v) is 9.04. The molecule has 3 amide bonds. The van der Waals surface area contributed by atoms with Crippen molar-refractivity contribution in [1.29, 1.82) is 0 Å². The van der Waals surface area contributed by atoms with Gasteiger partial charge in [0, 0.05) is 5.02 Å². The smallest absolute Gasteiger partial charge is 0.335 e. The van der Waals surface area contributed by atoms with Crippen LogP contribution in [0.5, 0.6) is 11.5 Å². The molecule has 1 heterocycles. The molecule has 0 spiro atoms. The van der Waals surface area contributed by atoms with Crippen molar-refractivity contribution < 1.29 is 29.0 Å². The van der Waals surface area contributed by atoms with Crippen LogP contribution >= 0.6 is 34.2 Å². The highest BCUT2D eigenvalue weighted by Gasteiger charge is 2.35. The number of amides is 3. The largest absolute Gasteiger partial charge is 0.493 e. The van der Waals surface area contributed by atoms with E-state index in [1.54, 1.807) is 54.6 Å². The van der Waals surface area contributed by atoms with Crippen LogP contribution in [0.3, 0.4) is 0 Å². The number of ether oxygens (including phenoxy) is 2. The van der Waals surface area contributed by atoms with E-state index < -0.39 is 17.9 Å². The van der Waals surface area contributed by atoms with E-state index in [1.807, 2.05) is 0 Å². The van der Waals surface area contributed by atoms with Crippen LogP contribution in [0.25, 0.3) is 6.08 Å². The Bertz CT molecular complexity index is 1370. The topological polar surface area (TPSA) is 105 Å². The Kier molecular flexibility index (Phi) is 7.27. The van der Waals surface area contributed by atoms with E-state index >= 15 is 0 Å². The maximum atomic E-state index is 12.9. The molecule has 0 saturated carbocycles. The van der Waals surface area contributed by atoms with Gasteiger partial charge in [-0.25, -0.2) is 14.5 Å². The molecule has 1 saturated heterocycles. The van der Waals surface area contributed by atoms with Gasteiger partial charge in [-0.1, -0.05) is 29.8 Å². The average molecular weight is 605 g/mol. The molecule has 178 valence electrons. The number of nitrogens with one attached hydrogen (secondary N) is 1. The average Bonchev–Trinajstić information content (AvgIpc) is 3.10. The zero-order chi connectivity index (χ0) is 25.1. The Hall–Kier alpha value is -3.57. The molecule has 1 aliphatic heterocycles. The molecule has 0 aromatic heterocycles. The quantitative estimate of drug-likeness (QED) is 0.215. The predicted molar refractivity (Wildman–Crippen MR) is 139 cm³/mol. The molecule has 10 heteroatoms. The van der Waals surface area contributed by atoms with Crippen molar-refractivity contribution in [2.24, 2.45) is 0 Å². The summed E-state index contributed by atoms with van der Waals surface area (Å²) in [5, 5.41) is 12.2. The minimum absolute atomic E-state index is 0.104. The van der Waals surface area contributed by atoms with Crippen LogP contribution in [-0.4, -0.2) is 30.1 Å². The number of rotatable bonds is 7. The monoisotopic (exact) mass is 604 g/mol. The van der Waals surface area contributed by atoms with E-state index in [2.05, 4.69) is 27.9 Å². The maximum Gasteiger partial charge on any atom is 0.335 e. The number of methoxy groups -OCH3 is 1. The summed E-state index contributed by atoms with van der Waals surface area (Å²) in [5.41, 5.74) is 1.94. The van der Waals surface area contributed by atoms with E-state index in [0.29, 0.717) is 36.9 Å². The predicted octanol–water partition coefficient (Wildman–Crippen LogP) is 5.33. The summed E-state index contributed by atoms with van der Waals surface area (Å²) in [4.78, 5) is 37.6. The van der Waals surface area contributed by atoms with E-state index in [9.17, 15) is 19.5 Å². The number of carbonyl (C=O) groups is 3. The molecule has 0 radical (unpaired) electrons. The number of carboxylic acids is 1. The lowest BCUT2D eigenvalue weighted by Gasteiger charge is -2.14. The molecule has 3 aromatic carbocycles. The fraction of sp³-hybridized carbons (Fsp3) is 0.0800. The second-order valence-electron chi connectivity index (χ2n) is 7.44. The number of halogens is 2. The van der Waals surface area contributed by atoms with Gasteiger partial charge in [-0.05, 0) is 82.3 Å². The molecule has 0 bridgehead atoms. The van der Waals surface area contributed by atoms with Crippen LogP contribution in [0.1, 0.15) is 21.5 Å². The molecule has 1 fully saturated rings. The molecular weight excluding hydrogens is 587 g/mol. The van der Waals surface area contributed by atoms with Crippen LogP contribution in [-0.2, 0) is 11.4 Å². The third kappa shape index (κ3) is 5.41. The normalized spacial score (nSPS) is 14.3. The van der Waals surface area contributed by atoms with Gasteiger partial charge in [0.25, 0.3) is 5.91 Å². The SMILES string of the molecule is COc1cc(/C=C2/NC(=O)N(c3cccc(Cl)c3)C2=O)cc(I)c1OCc1cccc(C(=O)O)c1. The summed E-state index contributed by atoms with van der Waals surface area (Å²) in [6.07, 6.45) is 1.55. The van der Waals surface area contributed by atoms with Crippen molar-refractivity contribution in [3.63, 3.8) is 0 Å². The van der Waals surface area contributed by atoms with Crippen molar-refractivity contribution in [2.75, 3.05) is 12.0 Å². The number of anilines is 1. The summed E-state index contributed by atoms with van der Waals surface area (Å²) < 4.78 is 12.1. The molecule has 4 rings (SSSR count). The number of aromatic carboxylic acids is 1. The van der Waals surface area contributed by atoms with Gasteiger partial charge in [-0.2, -0.15) is 0 Å². The highest BCUT2D eigenvalue weighted by Crippen LogP contribution is 2.35. The van der Waals surface area contributed by atoms with Gasteiger partial charge in [0.15, 0.2) is 11.5 Å².